The highest BCUT2D eigenvalue weighted by Crippen LogP contribution is 2.18. The zero-order chi connectivity index (χ0) is 15.5. The number of benzene rings is 1. The minimum absolute atomic E-state index is 0.0757. The molecule has 1 aromatic heterocycles. The Morgan fingerprint density at radius 3 is 2.76 bits per heavy atom. The number of sulfonamides is 1. The van der Waals surface area contributed by atoms with Crippen LogP contribution in [0.4, 0.5) is 5.82 Å². The highest BCUT2D eigenvalue weighted by atomic mass is 32.2. The second-order valence-electron chi connectivity index (χ2n) is 4.91. The van der Waals surface area contributed by atoms with E-state index in [0.717, 1.165) is 5.39 Å². The lowest BCUT2D eigenvalue weighted by Gasteiger charge is -2.10. The lowest BCUT2D eigenvalue weighted by Crippen LogP contribution is -2.28. The van der Waals surface area contributed by atoms with Crippen molar-refractivity contribution in [3.05, 3.63) is 30.3 Å². The van der Waals surface area contributed by atoms with Gasteiger partial charge in [-0.05, 0) is 44.2 Å². The van der Waals surface area contributed by atoms with Crippen LogP contribution >= 0.6 is 0 Å². The molecular weight excluding hydrogens is 290 g/mol. The lowest BCUT2D eigenvalue weighted by molar-refractivity contribution is 0.0834. The number of rotatable bonds is 6. The largest absolute Gasteiger partial charge is 0.384 e. The summed E-state index contributed by atoms with van der Waals surface area (Å²) in [5.74, 6) is 0.405. The summed E-state index contributed by atoms with van der Waals surface area (Å²) in [7, 11) is -3.55. The van der Waals surface area contributed by atoms with Crippen LogP contribution < -0.4 is 10.5 Å². The van der Waals surface area contributed by atoms with Crippen LogP contribution in [0, 0.1) is 0 Å². The number of ether oxygens (including phenoxy) is 1. The quantitative estimate of drug-likeness (QED) is 0.789. The molecule has 0 spiro atoms. The smallest absolute Gasteiger partial charge is 0.240 e. The van der Waals surface area contributed by atoms with Gasteiger partial charge < -0.3 is 10.5 Å². The van der Waals surface area contributed by atoms with Gasteiger partial charge in [0.25, 0.3) is 0 Å². The summed E-state index contributed by atoms with van der Waals surface area (Å²) in [5.41, 5.74) is 6.26. The molecule has 21 heavy (non-hydrogen) atoms. The summed E-state index contributed by atoms with van der Waals surface area (Å²) in [4.78, 5) is 4.34. The SMILES string of the molecule is CC(C)OCCNS(=O)(=O)c1ccc2nc(N)ccc2c1. The summed E-state index contributed by atoms with van der Waals surface area (Å²) in [5, 5.41) is 0.727. The van der Waals surface area contributed by atoms with Gasteiger partial charge in [0.05, 0.1) is 23.1 Å². The molecule has 2 aromatic rings. The maximum Gasteiger partial charge on any atom is 0.240 e. The van der Waals surface area contributed by atoms with Gasteiger partial charge in [0.15, 0.2) is 0 Å². The Hall–Kier alpha value is -1.70. The Morgan fingerprint density at radius 2 is 2.05 bits per heavy atom. The van der Waals surface area contributed by atoms with Gasteiger partial charge in [0.2, 0.25) is 10.0 Å². The third-order valence-corrected chi connectivity index (χ3v) is 4.30. The Balaban J connectivity index is 2.14. The van der Waals surface area contributed by atoms with Crippen molar-refractivity contribution in [2.24, 2.45) is 0 Å². The first-order valence-corrected chi connectivity index (χ1v) is 8.14. The summed E-state index contributed by atoms with van der Waals surface area (Å²) in [6.45, 7) is 4.37. The van der Waals surface area contributed by atoms with E-state index in [0.29, 0.717) is 17.9 Å². The highest BCUT2D eigenvalue weighted by Gasteiger charge is 2.14. The standard InChI is InChI=1S/C14H19N3O3S/c1-10(2)20-8-7-16-21(18,19)12-4-5-13-11(9-12)3-6-14(15)17-13/h3-6,9-10,16H,7-8H2,1-2H3,(H2,15,17). The maximum atomic E-state index is 12.2. The van der Waals surface area contributed by atoms with Gasteiger partial charge in [0, 0.05) is 11.9 Å². The summed E-state index contributed by atoms with van der Waals surface area (Å²) in [6.07, 6.45) is 0.0757. The number of fused-ring (bicyclic) bond motifs is 1. The second-order valence-corrected chi connectivity index (χ2v) is 6.67. The number of nitrogens with zero attached hydrogens (tertiary/aromatic N) is 1. The van der Waals surface area contributed by atoms with Crippen molar-refractivity contribution >= 4 is 26.7 Å². The van der Waals surface area contributed by atoms with Gasteiger partial charge in [-0.15, -0.1) is 0 Å². The molecule has 0 amide bonds. The van der Waals surface area contributed by atoms with Crippen LogP contribution in [0.3, 0.4) is 0 Å². The Labute approximate surface area is 124 Å². The van der Waals surface area contributed by atoms with E-state index in [-0.39, 0.29) is 17.5 Å². The van der Waals surface area contributed by atoms with E-state index in [9.17, 15) is 8.42 Å². The number of pyridine rings is 1. The molecule has 0 atom stereocenters. The fourth-order valence-electron chi connectivity index (χ4n) is 1.84. The number of hydrogen-bond donors (Lipinski definition) is 2. The Morgan fingerprint density at radius 1 is 1.29 bits per heavy atom. The van der Waals surface area contributed by atoms with Gasteiger partial charge in [-0.1, -0.05) is 0 Å². The monoisotopic (exact) mass is 309 g/mol. The minimum Gasteiger partial charge on any atom is -0.384 e. The molecule has 0 aliphatic carbocycles. The van der Waals surface area contributed by atoms with E-state index in [2.05, 4.69) is 9.71 Å². The molecule has 6 nitrogen and oxygen atoms in total. The number of anilines is 1. The number of hydrogen-bond acceptors (Lipinski definition) is 5. The average Bonchev–Trinajstić information content (AvgIpc) is 2.43. The molecule has 0 unspecified atom stereocenters. The molecule has 1 aromatic carbocycles. The molecule has 1 heterocycles. The highest BCUT2D eigenvalue weighted by molar-refractivity contribution is 7.89. The zero-order valence-corrected chi connectivity index (χ0v) is 12.9. The Bertz CT molecular complexity index is 729. The van der Waals surface area contributed by atoms with Crippen LogP contribution in [0.2, 0.25) is 0 Å². The van der Waals surface area contributed by atoms with E-state index >= 15 is 0 Å². The molecule has 7 heteroatoms. The number of nitrogens with two attached hydrogens (primary N) is 1. The number of aromatic nitrogens is 1. The fraction of sp³-hybridized carbons (Fsp3) is 0.357. The zero-order valence-electron chi connectivity index (χ0n) is 12.0. The third kappa shape index (κ3) is 4.13. The lowest BCUT2D eigenvalue weighted by atomic mass is 10.2. The predicted molar refractivity (Wildman–Crippen MR) is 82.4 cm³/mol. The van der Waals surface area contributed by atoms with Crippen molar-refractivity contribution in [3.63, 3.8) is 0 Å². The molecule has 2 rings (SSSR count). The predicted octanol–water partition coefficient (Wildman–Crippen LogP) is 1.52. The van der Waals surface area contributed by atoms with Crippen LogP contribution in [0.1, 0.15) is 13.8 Å². The molecule has 0 saturated carbocycles. The van der Waals surface area contributed by atoms with E-state index in [1.165, 1.54) is 6.07 Å². The van der Waals surface area contributed by atoms with Crippen LogP contribution in [-0.4, -0.2) is 32.7 Å². The van der Waals surface area contributed by atoms with Crippen molar-refractivity contribution in [1.82, 2.24) is 9.71 Å². The molecule has 0 fully saturated rings. The average molecular weight is 309 g/mol. The Kier molecular flexibility index (Phi) is 4.76. The van der Waals surface area contributed by atoms with Gasteiger partial charge in [-0.2, -0.15) is 0 Å². The van der Waals surface area contributed by atoms with E-state index in [4.69, 9.17) is 10.5 Å². The topological polar surface area (TPSA) is 94.3 Å². The van der Waals surface area contributed by atoms with Crippen molar-refractivity contribution in [2.75, 3.05) is 18.9 Å². The maximum absolute atomic E-state index is 12.2. The van der Waals surface area contributed by atoms with Crippen molar-refractivity contribution < 1.29 is 13.2 Å². The van der Waals surface area contributed by atoms with Gasteiger partial charge >= 0.3 is 0 Å². The van der Waals surface area contributed by atoms with E-state index < -0.39 is 10.0 Å². The van der Waals surface area contributed by atoms with Gasteiger partial charge in [-0.25, -0.2) is 18.1 Å². The van der Waals surface area contributed by atoms with Crippen molar-refractivity contribution in [2.45, 2.75) is 24.8 Å². The summed E-state index contributed by atoms with van der Waals surface area (Å²) >= 11 is 0. The third-order valence-electron chi connectivity index (χ3n) is 2.84. The molecule has 3 N–H and O–H groups in total. The number of nitrogen functional groups attached to an aromatic ring is 1. The number of nitrogens with one attached hydrogen (secondary N) is 1. The molecule has 0 bridgehead atoms. The first kappa shape index (κ1) is 15.7. The molecule has 0 aliphatic heterocycles. The fourth-order valence-corrected chi connectivity index (χ4v) is 2.89. The van der Waals surface area contributed by atoms with Crippen LogP contribution in [0.15, 0.2) is 35.2 Å². The van der Waals surface area contributed by atoms with Crippen molar-refractivity contribution in [1.29, 1.82) is 0 Å². The molecule has 0 aliphatic rings. The van der Waals surface area contributed by atoms with Crippen LogP contribution in [-0.2, 0) is 14.8 Å². The van der Waals surface area contributed by atoms with E-state index in [1.807, 2.05) is 13.8 Å². The van der Waals surface area contributed by atoms with Crippen LogP contribution in [0.5, 0.6) is 0 Å². The summed E-state index contributed by atoms with van der Waals surface area (Å²) < 4.78 is 32.2. The summed E-state index contributed by atoms with van der Waals surface area (Å²) in [6, 6.07) is 8.12. The minimum atomic E-state index is -3.55. The first-order valence-electron chi connectivity index (χ1n) is 6.66. The van der Waals surface area contributed by atoms with E-state index in [1.54, 1.807) is 24.3 Å². The normalized spacial score (nSPS) is 12.1. The molecule has 0 saturated heterocycles. The van der Waals surface area contributed by atoms with Gasteiger partial charge in [0.1, 0.15) is 5.82 Å². The molecule has 114 valence electrons. The van der Waals surface area contributed by atoms with Crippen molar-refractivity contribution in [3.8, 4) is 0 Å². The molecular formula is C14H19N3O3S. The first-order chi connectivity index (χ1) is 9.88. The second kappa shape index (κ2) is 6.38. The van der Waals surface area contributed by atoms with Gasteiger partial charge in [-0.3, -0.25) is 0 Å². The van der Waals surface area contributed by atoms with Crippen LogP contribution in [0.25, 0.3) is 10.9 Å². The molecule has 0 radical (unpaired) electrons.